The maximum Gasteiger partial charge on any atom is 0.306 e. The molecule has 17 heavy (non-hydrogen) atoms. The number of benzene rings is 1. The Bertz CT molecular complexity index is 454. The molecule has 2 unspecified atom stereocenters. The second-order valence-electron chi connectivity index (χ2n) is 4.24. The SMILES string of the molecule is Cc1cc(Cl)ccc1C(=O)C(C)C(C)C(=O)O. The van der Waals surface area contributed by atoms with Crippen LogP contribution in [0.3, 0.4) is 0 Å². The summed E-state index contributed by atoms with van der Waals surface area (Å²) in [6.45, 7) is 4.96. The van der Waals surface area contributed by atoms with E-state index in [1.165, 1.54) is 6.92 Å². The van der Waals surface area contributed by atoms with Crippen molar-refractivity contribution in [3.8, 4) is 0 Å². The molecule has 0 saturated heterocycles. The summed E-state index contributed by atoms with van der Waals surface area (Å²) in [6.07, 6.45) is 0. The molecule has 2 atom stereocenters. The Hall–Kier alpha value is -1.35. The van der Waals surface area contributed by atoms with E-state index in [2.05, 4.69) is 0 Å². The van der Waals surface area contributed by atoms with E-state index >= 15 is 0 Å². The summed E-state index contributed by atoms with van der Waals surface area (Å²) in [4.78, 5) is 23.0. The maximum absolute atomic E-state index is 12.1. The van der Waals surface area contributed by atoms with Gasteiger partial charge in [0.05, 0.1) is 5.92 Å². The normalized spacial score (nSPS) is 14.1. The lowest BCUT2D eigenvalue weighted by Crippen LogP contribution is -2.25. The smallest absolute Gasteiger partial charge is 0.306 e. The molecule has 0 fully saturated rings. The Kier molecular flexibility index (Phi) is 4.29. The van der Waals surface area contributed by atoms with Crippen molar-refractivity contribution < 1.29 is 14.7 Å². The quantitative estimate of drug-likeness (QED) is 0.840. The zero-order valence-corrected chi connectivity index (χ0v) is 10.8. The van der Waals surface area contributed by atoms with E-state index in [1.807, 2.05) is 0 Å². The maximum atomic E-state index is 12.1. The minimum absolute atomic E-state index is 0.158. The van der Waals surface area contributed by atoms with Crippen molar-refractivity contribution in [1.82, 2.24) is 0 Å². The highest BCUT2D eigenvalue weighted by atomic mass is 35.5. The fourth-order valence-electron chi connectivity index (χ4n) is 1.59. The molecule has 1 N–H and O–H groups in total. The summed E-state index contributed by atoms with van der Waals surface area (Å²) in [5, 5.41) is 9.46. The molecule has 0 aliphatic carbocycles. The molecule has 1 aromatic carbocycles. The van der Waals surface area contributed by atoms with Crippen LogP contribution in [0.15, 0.2) is 18.2 Å². The van der Waals surface area contributed by atoms with Crippen molar-refractivity contribution in [1.29, 1.82) is 0 Å². The highest BCUT2D eigenvalue weighted by Gasteiger charge is 2.27. The van der Waals surface area contributed by atoms with Crippen LogP contribution in [0, 0.1) is 18.8 Å². The number of carbonyl (C=O) groups excluding carboxylic acids is 1. The van der Waals surface area contributed by atoms with Crippen molar-refractivity contribution in [3.05, 3.63) is 34.3 Å². The number of halogens is 1. The average Bonchev–Trinajstić information content (AvgIpc) is 2.26. The van der Waals surface area contributed by atoms with E-state index in [0.29, 0.717) is 10.6 Å². The fourth-order valence-corrected chi connectivity index (χ4v) is 1.82. The molecule has 0 bridgehead atoms. The number of carbonyl (C=O) groups is 2. The molecule has 1 aromatic rings. The van der Waals surface area contributed by atoms with Crippen LogP contribution in [0.2, 0.25) is 5.02 Å². The van der Waals surface area contributed by atoms with E-state index in [-0.39, 0.29) is 5.78 Å². The molecule has 0 spiro atoms. The van der Waals surface area contributed by atoms with Crippen LogP contribution in [-0.2, 0) is 4.79 Å². The van der Waals surface area contributed by atoms with Crippen molar-refractivity contribution in [3.63, 3.8) is 0 Å². The zero-order chi connectivity index (χ0) is 13.2. The van der Waals surface area contributed by atoms with Crippen LogP contribution < -0.4 is 0 Å². The van der Waals surface area contributed by atoms with Crippen LogP contribution in [0.25, 0.3) is 0 Å². The number of carboxylic acid groups (broad SMARTS) is 1. The van der Waals surface area contributed by atoms with Crippen molar-refractivity contribution in [2.75, 3.05) is 0 Å². The molecule has 0 radical (unpaired) electrons. The van der Waals surface area contributed by atoms with E-state index < -0.39 is 17.8 Å². The largest absolute Gasteiger partial charge is 0.481 e. The predicted octanol–water partition coefficient (Wildman–Crippen LogP) is 3.19. The van der Waals surface area contributed by atoms with Gasteiger partial charge in [-0.05, 0) is 30.7 Å². The third kappa shape index (κ3) is 3.07. The van der Waals surface area contributed by atoms with Crippen LogP contribution in [0.1, 0.15) is 29.8 Å². The topological polar surface area (TPSA) is 54.4 Å². The summed E-state index contributed by atoms with van der Waals surface area (Å²) >= 11 is 5.81. The summed E-state index contributed by atoms with van der Waals surface area (Å²) in [5.74, 6) is -2.36. The number of aryl methyl sites for hydroxylation is 1. The van der Waals surface area contributed by atoms with Gasteiger partial charge in [-0.25, -0.2) is 0 Å². The highest BCUT2D eigenvalue weighted by molar-refractivity contribution is 6.30. The van der Waals surface area contributed by atoms with Gasteiger partial charge in [-0.15, -0.1) is 0 Å². The van der Waals surface area contributed by atoms with Gasteiger partial charge in [-0.1, -0.05) is 25.4 Å². The van der Waals surface area contributed by atoms with Gasteiger partial charge in [0.1, 0.15) is 0 Å². The third-order valence-electron chi connectivity index (χ3n) is 3.01. The molecular weight excluding hydrogens is 240 g/mol. The van der Waals surface area contributed by atoms with E-state index in [9.17, 15) is 9.59 Å². The Morgan fingerprint density at radius 1 is 1.24 bits per heavy atom. The molecule has 0 aliphatic heterocycles. The second-order valence-corrected chi connectivity index (χ2v) is 4.68. The molecule has 4 heteroatoms. The van der Waals surface area contributed by atoms with Crippen LogP contribution in [0.4, 0.5) is 0 Å². The lowest BCUT2D eigenvalue weighted by atomic mass is 9.87. The Balaban J connectivity index is 3.00. The number of rotatable bonds is 4. The lowest BCUT2D eigenvalue weighted by molar-refractivity contribution is -0.142. The summed E-state index contributed by atoms with van der Waals surface area (Å²) in [5.41, 5.74) is 1.31. The van der Waals surface area contributed by atoms with Gasteiger partial charge in [0.25, 0.3) is 0 Å². The van der Waals surface area contributed by atoms with Gasteiger partial charge in [0.2, 0.25) is 0 Å². The predicted molar refractivity (Wildman–Crippen MR) is 66.5 cm³/mol. The number of hydrogen-bond donors (Lipinski definition) is 1. The average molecular weight is 255 g/mol. The van der Waals surface area contributed by atoms with Gasteiger partial charge < -0.3 is 5.11 Å². The molecule has 0 heterocycles. The Morgan fingerprint density at radius 2 is 1.82 bits per heavy atom. The lowest BCUT2D eigenvalue weighted by Gasteiger charge is -2.16. The highest BCUT2D eigenvalue weighted by Crippen LogP contribution is 2.22. The van der Waals surface area contributed by atoms with Crippen LogP contribution in [-0.4, -0.2) is 16.9 Å². The third-order valence-corrected chi connectivity index (χ3v) is 3.24. The zero-order valence-electron chi connectivity index (χ0n) is 10.0. The number of carboxylic acids is 1. The summed E-state index contributed by atoms with van der Waals surface area (Å²) in [7, 11) is 0. The van der Waals surface area contributed by atoms with Crippen LogP contribution in [0.5, 0.6) is 0 Å². The number of aliphatic carboxylic acids is 1. The fraction of sp³-hybridized carbons (Fsp3) is 0.385. The summed E-state index contributed by atoms with van der Waals surface area (Å²) < 4.78 is 0. The van der Waals surface area contributed by atoms with E-state index in [0.717, 1.165) is 5.56 Å². The number of hydrogen-bond acceptors (Lipinski definition) is 2. The Morgan fingerprint density at radius 3 is 2.29 bits per heavy atom. The monoisotopic (exact) mass is 254 g/mol. The molecule has 1 rings (SSSR count). The standard InChI is InChI=1S/C13H15ClO3/c1-7-6-10(14)4-5-11(7)12(15)8(2)9(3)13(16)17/h4-6,8-9H,1-3H3,(H,16,17). The van der Waals surface area contributed by atoms with Crippen molar-refractivity contribution >= 4 is 23.4 Å². The van der Waals surface area contributed by atoms with E-state index in [1.54, 1.807) is 32.0 Å². The number of Topliss-reactive ketones (excluding diaryl/α,β-unsaturated/α-hetero) is 1. The minimum Gasteiger partial charge on any atom is -0.481 e. The first-order valence-corrected chi connectivity index (χ1v) is 5.75. The van der Waals surface area contributed by atoms with Gasteiger partial charge >= 0.3 is 5.97 Å². The van der Waals surface area contributed by atoms with Crippen molar-refractivity contribution in [2.45, 2.75) is 20.8 Å². The second kappa shape index (κ2) is 5.32. The van der Waals surface area contributed by atoms with Crippen LogP contribution >= 0.6 is 11.6 Å². The molecule has 0 aromatic heterocycles. The Labute approximate surface area is 105 Å². The van der Waals surface area contributed by atoms with Gasteiger partial charge in [0, 0.05) is 16.5 Å². The molecule has 0 aliphatic rings. The first kappa shape index (κ1) is 13.7. The molecular formula is C13H15ClO3. The minimum atomic E-state index is -0.961. The summed E-state index contributed by atoms with van der Waals surface area (Å²) in [6, 6.07) is 4.98. The van der Waals surface area contributed by atoms with Gasteiger partial charge in [0.15, 0.2) is 5.78 Å². The molecule has 0 saturated carbocycles. The van der Waals surface area contributed by atoms with Crippen molar-refractivity contribution in [2.24, 2.45) is 11.8 Å². The van der Waals surface area contributed by atoms with Gasteiger partial charge in [-0.2, -0.15) is 0 Å². The number of ketones is 1. The first-order chi connectivity index (χ1) is 7.84. The molecule has 92 valence electrons. The van der Waals surface area contributed by atoms with E-state index in [4.69, 9.17) is 16.7 Å². The molecule has 0 amide bonds. The first-order valence-electron chi connectivity index (χ1n) is 5.37. The van der Waals surface area contributed by atoms with Gasteiger partial charge in [-0.3, -0.25) is 9.59 Å². The molecule has 3 nitrogen and oxygen atoms in total.